The van der Waals surface area contributed by atoms with E-state index in [-0.39, 0.29) is 36.1 Å². The van der Waals surface area contributed by atoms with Crippen LogP contribution in [0.3, 0.4) is 0 Å². The van der Waals surface area contributed by atoms with Crippen LogP contribution >= 0.6 is 0 Å². The SMILES string of the molecule is CC(C)CN1C(=O)C(=O)N([C@H]2CC[C@H](Oc3ncccc3C(N)=O)CC2)C1=O. The summed E-state index contributed by atoms with van der Waals surface area (Å²) in [7, 11) is 0. The molecule has 1 aromatic heterocycles. The molecule has 1 aliphatic heterocycles. The van der Waals surface area contributed by atoms with Crippen molar-refractivity contribution >= 4 is 23.8 Å². The number of ether oxygens (including phenoxy) is 1. The van der Waals surface area contributed by atoms with Gasteiger partial charge in [-0.15, -0.1) is 0 Å². The first-order chi connectivity index (χ1) is 13.3. The molecule has 0 spiro atoms. The van der Waals surface area contributed by atoms with Crippen molar-refractivity contribution in [1.29, 1.82) is 0 Å². The summed E-state index contributed by atoms with van der Waals surface area (Å²) < 4.78 is 5.83. The fourth-order valence-corrected chi connectivity index (χ4v) is 3.62. The van der Waals surface area contributed by atoms with E-state index in [1.807, 2.05) is 13.8 Å². The Morgan fingerprint density at radius 3 is 2.50 bits per heavy atom. The first-order valence-corrected chi connectivity index (χ1v) is 9.40. The minimum atomic E-state index is -0.754. The Kier molecular flexibility index (Phi) is 5.62. The van der Waals surface area contributed by atoms with Crippen LogP contribution < -0.4 is 10.5 Å². The summed E-state index contributed by atoms with van der Waals surface area (Å²) in [6.45, 7) is 4.00. The summed E-state index contributed by atoms with van der Waals surface area (Å²) >= 11 is 0. The predicted molar refractivity (Wildman–Crippen MR) is 98.2 cm³/mol. The van der Waals surface area contributed by atoms with Gasteiger partial charge in [0.05, 0.1) is 0 Å². The third-order valence-electron chi connectivity index (χ3n) is 4.96. The first kappa shape index (κ1) is 19.8. The van der Waals surface area contributed by atoms with Gasteiger partial charge in [-0.05, 0) is 43.7 Å². The molecule has 9 nitrogen and oxygen atoms in total. The number of primary amides is 1. The van der Waals surface area contributed by atoms with Gasteiger partial charge < -0.3 is 10.5 Å². The van der Waals surface area contributed by atoms with E-state index < -0.39 is 23.8 Å². The molecule has 0 bridgehead atoms. The molecule has 1 saturated heterocycles. The molecule has 2 heterocycles. The lowest BCUT2D eigenvalue weighted by molar-refractivity contribution is -0.144. The molecular formula is C19H24N4O5. The number of pyridine rings is 1. The molecule has 2 fully saturated rings. The first-order valence-electron chi connectivity index (χ1n) is 9.40. The zero-order valence-corrected chi connectivity index (χ0v) is 16.0. The fraction of sp³-hybridized carbons (Fsp3) is 0.526. The Balaban J connectivity index is 1.63. The highest BCUT2D eigenvalue weighted by Crippen LogP contribution is 2.30. The molecule has 0 unspecified atom stereocenters. The highest BCUT2D eigenvalue weighted by atomic mass is 16.5. The van der Waals surface area contributed by atoms with Gasteiger partial charge in [0.1, 0.15) is 11.7 Å². The second-order valence-corrected chi connectivity index (χ2v) is 7.54. The van der Waals surface area contributed by atoms with E-state index in [1.54, 1.807) is 12.1 Å². The van der Waals surface area contributed by atoms with E-state index in [1.165, 1.54) is 6.20 Å². The highest BCUT2D eigenvalue weighted by Gasteiger charge is 2.48. The number of urea groups is 1. The maximum atomic E-state index is 12.6. The van der Waals surface area contributed by atoms with Crippen LogP contribution in [0.2, 0.25) is 0 Å². The maximum absolute atomic E-state index is 12.6. The van der Waals surface area contributed by atoms with Gasteiger partial charge in [-0.3, -0.25) is 24.2 Å². The van der Waals surface area contributed by atoms with Crippen molar-refractivity contribution in [2.24, 2.45) is 11.7 Å². The number of hydrogen-bond acceptors (Lipinski definition) is 6. The van der Waals surface area contributed by atoms with Crippen LogP contribution in [0.25, 0.3) is 0 Å². The monoisotopic (exact) mass is 388 g/mol. The van der Waals surface area contributed by atoms with Crippen molar-refractivity contribution in [3.63, 3.8) is 0 Å². The summed E-state index contributed by atoms with van der Waals surface area (Å²) in [6.07, 6.45) is 3.47. The van der Waals surface area contributed by atoms with Crippen molar-refractivity contribution in [2.75, 3.05) is 6.54 Å². The van der Waals surface area contributed by atoms with Crippen LogP contribution in [0, 0.1) is 5.92 Å². The number of amides is 5. The van der Waals surface area contributed by atoms with Crippen LogP contribution in [-0.4, -0.2) is 57.2 Å². The van der Waals surface area contributed by atoms with Crippen LogP contribution in [-0.2, 0) is 9.59 Å². The minimum Gasteiger partial charge on any atom is -0.474 e. The van der Waals surface area contributed by atoms with Crippen LogP contribution in [0.1, 0.15) is 49.9 Å². The fourth-order valence-electron chi connectivity index (χ4n) is 3.62. The Labute approximate surface area is 162 Å². The number of nitrogens with two attached hydrogens (primary N) is 1. The average molecular weight is 388 g/mol. The standard InChI is InChI=1S/C19H24N4O5/c1-11(2)10-22-17(25)18(26)23(19(22)27)12-5-7-13(8-6-12)28-16-14(15(20)24)4-3-9-21-16/h3-4,9,11-13H,5-8,10H2,1-2H3,(H2,20,24)/t12-,13-. The number of carbonyl (C=O) groups is 4. The van der Waals surface area contributed by atoms with E-state index >= 15 is 0 Å². The van der Waals surface area contributed by atoms with Crippen LogP contribution in [0.4, 0.5) is 4.79 Å². The normalized spacial score (nSPS) is 22.9. The van der Waals surface area contributed by atoms with Crippen LogP contribution in [0.15, 0.2) is 18.3 Å². The largest absolute Gasteiger partial charge is 0.474 e. The molecule has 1 aliphatic carbocycles. The number of imide groups is 2. The van der Waals surface area contributed by atoms with Gasteiger partial charge in [0.25, 0.3) is 5.91 Å². The van der Waals surface area contributed by atoms with Gasteiger partial charge in [-0.1, -0.05) is 13.8 Å². The number of hydrogen-bond donors (Lipinski definition) is 1. The Hall–Kier alpha value is -2.97. The topological polar surface area (TPSA) is 123 Å². The van der Waals surface area contributed by atoms with Gasteiger partial charge in [0, 0.05) is 18.8 Å². The third kappa shape index (κ3) is 3.83. The number of carbonyl (C=O) groups excluding carboxylic acids is 4. The predicted octanol–water partition coefficient (Wildman–Crippen LogP) is 1.32. The zero-order valence-electron chi connectivity index (χ0n) is 16.0. The van der Waals surface area contributed by atoms with E-state index in [4.69, 9.17) is 10.5 Å². The number of aromatic nitrogens is 1. The molecule has 2 N–H and O–H groups in total. The van der Waals surface area contributed by atoms with E-state index in [0.29, 0.717) is 25.7 Å². The summed E-state index contributed by atoms with van der Waals surface area (Å²) in [5, 5.41) is 0. The molecule has 0 aromatic carbocycles. The van der Waals surface area contributed by atoms with E-state index in [0.717, 1.165) is 9.80 Å². The van der Waals surface area contributed by atoms with Crippen molar-refractivity contribution in [2.45, 2.75) is 51.7 Å². The summed E-state index contributed by atoms with van der Waals surface area (Å²) in [6, 6.07) is 2.29. The van der Waals surface area contributed by atoms with Gasteiger partial charge in [-0.2, -0.15) is 0 Å². The Bertz CT molecular complexity index is 801. The molecule has 28 heavy (non-hydrogen) atoms. The number of rotatable bonds is 6. The maximum Gasteiger partial charge on any atom is 0.334 e. The summed E-state index contributed by atoms with van der Waals surface area (Å²) in [5.74, 6) is -1.85. The lowest BCUT2D eigenvalue weighted by Gasteiger charge is -2.33. The second-order valence-electron chi connectivity index (χ2n) is 7.54. The molecule has 0 atom stereocenters. The smallest absolute Gasteiger partial charge is 0.334 e. The number of nitrogens with zero attached hydrogens (tertiary/aromatic N) is 3. The van der Waals surface area contributed by atoms with Gasteiger partial charge in [0.2, 0.25) is 5.88 Å². The second kappa shape index (κ2) is 7.95. The van der Waals surface area contributed by atoms with Crippen molar-refractivity contribution in [3.05, 3.63) is 23.9 Å². The van der Waals surface area contributed by atoms with Crippen molar-refractivity contribution in [1.82, 2.24) is 14.8 Å². The average Bonchev–Trinajstić information content (AvgIpc) is 2.86. The van der Waals surface area contributed by atoms with Gasteiger partial charge in [-0.25, -0.2) is 9.78 Å². The zero-order chi connectivity index (χ0) is 20.4. The Morgan fingerprint density at radius 1 is 1.21 bits per heavy atom. The molecule has 150 valence electrons. The molecule has 3 rings (SSSR count). The van der Waals surface area contributed by atoms with Gasteiger partial charge in [0.15, 0.2) is 0 Å². The molecule has 1 aromatic rings. The lowest BCUT2D eigenvalue weighted by Crippen LogP contribution is -2.44. The third-order valence-corrected chi connectivity index (χ3v) is 4.96. The molecule has 0 radical (unpaired) electrons. The molecule has 1 saturated carbocycles. The van der Waals surface area contributed by atoms with E-state index in [9.17, 15) is 19.2 Å². The van der Waals surface area contributed by atoms with Crippen LogP contribution in [0.5, 0.6) is 5.88 Å². The molecular weight excluding hydrogens is 364 g/mol. The highest BCUT2D eigenvalue weighted by molar-refractivity contribution is 6.44. The van der Waals surface area contributed by atoms with Gasteiger partial charge >= 0.3 is 17.8 Å². The van der Waals surface area contributed by atoms with Crippen molar-refractivity contribution < 1.29 is 23.9 Å². The lowest BCUT2D eigenvalue weighted by atomic mass is 9.92. The minimum absolute atomic E-state index is 0.0858. The molecule has 5 amide bonds. The molecule has 9 heteroatoms. The van der Waals surface area contributed by atoms with E-state index in [2.05, 4.69) is 4.98 Å². The summed E-state index contributed by atoms with van der Waals surface area (Å²) in [4.78, 5) is 54.7. The Morgan fingerprint density at radius 2 is 1.89 bits per heavy atom. The summed E-state index contributed by atoms with van der Waals surface area (Å²) in [5.41, 5.74) is 5.55. The van der Waals surface area contributed by atoms with Crippen molar-refractivity contribution in [3.8, 4) is 5.88 Å². The quantitative estimate of drug-likeness (QED) is 0.579. The molecule has 2 aliphatic rings.